The summed E-state index contributed by atoms with van der Waals surface area (Å²) in [5.41, 5.74) is 3.61. The average molecular weight is 178 g/mol. The van der Waals surface area contributed by atoms with E-state index in [1.807, 2.05) is 0 Å². The Kier molecular flexibility index (Phi) is 1.75. The first-order chi connectivity index (χ1) is 6.11. The Labute approximate surface area is 77.9 Å². The lowest BCUT2D eigenvalue weighted by Crippen LogP contribution is -2.40. The smallest absolute Gasteiger partial charge is 0.179 e. The molecule has 1 unspecified atom stereocenters. The highest BCUT2D eigenvalue weighted by Crippen LogP contribution is 2.28. The molecular formula is C10H14N2O. The minimum atomic E-state index is -0.105. The van der Waals surface area contributed by atoms with Crippen molar-refractivity contribution in [1.82, 2.24) is 5.43 Å². The number of hydrogen-bond acceptors (Lipinski definition) is 3. The van der Waals surface area contributed by atoms with Gasteiger partial charge in [-0.2, -0.15) is 5.10 Å². The molecule has 0 radical (unpaired) electrons. The van der Waals surface area contributed by atoms with Crippen molar-refractivity contribution in [2.75, 3.05) is 0 Å². The fourth-order valence-electron chi connectivity index (χ4n) is 1.83. The Bertz CT molecular complexity index is 302. The summed E-state index contributed by atoms with van der Waals surface area (Å²) in [6.07, 6.45) is 5.64. The number of hydrazone groups is 1. The molecule has 2 rings (SSSR count). The van der Waals surface area contributed by atoms with Crippen LogP contribution in [-0.4, -0.2) is 17.0 Å². The Hall–Kier alpha value is -1.12. The van der Waals surface area contributed by atoms with Crippen molar-refractivity contribution in [1.29, 1.82) is 0 Å². The van der Waals surface area contributed by atoms with Gasteiger partial charge in [-0.1, -0.05) is 12.2 Å². The molecule has 1 heterocycles. The first-order valence-corrected chi connectivity index (χ1v) is 4.66. The fourth-order valence-corrected chi connectivity index (χ4v) is 1.83. The minimum absolute atomic E-state index is 0.105. The third kappa shape index (κ3) is 1.28. The summed E-state index contributed by atoms with van der Waals surface area (Å²) in [5.74, 6) is 0.343. The number of Topliss-reactive ketones (excluding diaryl/α,β-unsaturated/α-hetero) is 1. The van der Waals surface area contributed by atoms with E-state index < -0.39 is 0 Å². The molecule has 0 spiro atoms. The number of carbonyl (C=O) groups is 1. The Morgan fingerprint density at radius 2 is 2.38 bits per heavy atom. The van der Waals surface area contributed by atoms with Crippen LogP contribution < -0.4 is 5.43 Å². The molecule has 0 saturated heterocycles. The van der Waals surface area contributed by atoms with Crippen molar-refractivity contribution >= 4 is 11.5 Å². The maximum atomic E-state index is 11.6. The number of nitrogens with zero attached hydrogens (tertiary/aromatic N) is 1. The van der Waals surface area contributed by atoms with Crippen LogP contribution in [-0.2, 0) is 4.79 Å². The Balaban J connectivity index is 2.36. The van der Waals surface area contributed by atoms with Gasteiger partial charge in [0.2, 0.25) is 0 Å². The summed E-state index contributed by atoms with van der Waals surface area (Å²) in [4.78, 5) is 11.6. The average Bonchev–Trinajstić information content (AvgIpc) is 2.26. The summed E-state index contributed by atoms with van der Waals surface area (Å²) in [7, 11) is 0. The predicted octanol–water partition coefficient (Wildman–Crippen LogP) is 1.26. The molecule has 1 aliphatic carbocycles. The molecular weight excluding hydrogens is 164 g/mol. The lowest BCUT2D eigenvalue weighted by atomic mass is 9.84. The second-order valence-electron chi connectivity index (χ2n) is 4.20. The standard InChI is InChI=1S/C10H14N2O/c1-10(2)7-5-3-4-6-8(13)9(7)11-12-10/h3,5,7,12H,4,6H2,1-2H3. The molecule has 0 saturated carbocycles. The molecule has 0 aromatic rings. The summed E-state index contributed by atoms with van der Waals surface area (Å²) < 4.78 is 0. The van der Waals surface area contributed by atoms with Crippen LogP contribution in [0.3, 0.4) is 0 Å². The van der Waals surface area contributed by atoms with Gasteiger partial charge in [-0.15, -0.1) is 0 Å². The second kappa shape index (κ2) is 2.69. The molecule has 0 aromatic heterocycles. The molecule has 1 atom stereocenters. The summed E-state index contributed by atoms with van der Waals surface area (Å²) in [6, 6.07) is 0. The van der Waals surface area contributed by atoms with Crippen LogP contribution in [0.15, 0.2) is 17.3 Å². The maximum Gasteiger partial charge on any atom is 0.179 e. The van der Waals surface area contributed by atoms with Gasteiger partial charge in [0.15, 0.2) is 5.78 Å². The molecule has 70 valence electrons. The molecule has 3 nitrogen and oxygen atoms in total. The van der Waals surface area contributed by atoms with Crippen LogP contribution in [0.25, 0.3) is 0 Å². The van der Waals surface area contributed by atoms with Gasteiger partial charge < -0.3 is 5.43 Å². The van der Waals surface area contributed by atoms with Gasteiger partial charge in [0.1, 0.15) is 5.71 Å². The number of hydrogen-bond donors (Lipinski definition) is 1. The van der Waals surface area contributed by atoms with Crippen LogP contribution in [0, 0.1) is 5.92 Å². The van der Waals surface area contributed by atoms with Gasteiger partial charge in [-0.05, 0) is 20.3 Å². The van der Waals surface area contributed by atoms with E-state index in [1.54, 1.807) is 0 Å². The quantitative estimate of drug-likeness (QED) is 0.567. The maximum absolute atomic E-state index is 11.6. The molecule has 0 fully saturated rings. The summed E-state index contributed by atoms with van der Waals surface area (Å²) in [6.45, 7) is 4.13. The van der Waals surface area contributed by atoms with Crippen molar-refractivity contribution in [3.63, 3.8) is 0 Å². The highest BCUT2D eigenvalue weighted by atomic mass is 16.1. The van der Waals surface area contributed by atoms with Crippen LogP contribution >= 0.6 is 0 Å². The molecule has 0 amide bonds. The second-order valence-corrected chi connectivity index (χ2v) is 4.20. The monoisotopic (exact) mass is 178 g/mol. The van der Waals surface area contributed by atoms with Crippen molar-refractivity contribution < 1.29 is 4.79 Å². The lowest BCUT2D eigenvalue weighted by Gasteiger charge is -2.23. The third-order valence-electron chi connectivity index (χ3n) is 2.69. The zero-order chi connectivity index (χ0) is 9.47. The van der Waals surface area contributed by atoms with Crippen LogP contribution in [0.1, 0.15) is 26.7 Å². The summed E-state index contributed by atoms with van der Waals surface area (Å²) >= 11 is 0. The molecule has 1 aliphatic heterocycles. The van der Waals surface area contributed by atoms with Gasteiger partial charge >= 0.3 is 0 Å². The predicted molar refractivity (Wildman–Crippen MR) is 51.5 cm³/mol. The van der Waals surface area contributed by atoms with E-state index in [0.29, 0.717) is 12.1 Å². The number of fused-ring (bicyclic) bond motifs is 1. The van der Waals surface area contributed by atoms with Crippen LogP contribution in [0.2, 0.25) is 0 Å². The van der Waals surface area contributed by atoms with Crippen LogP contribution in [0.5, 0.6) is 0 Å². The van der Waals surface area contributed by atoms with E-state index in [1.165, 1.54) is 0 Å². The number of nitrogens with one attached hydrogen (secondary N) is 1. The van der Waals surface area contributed by atoms with Crippen molar-refractivity contribution in [3.8, 4) is 0 Å². The van der Waals surface area contributed by atoms with Crippen molar-refractivity contribution in [2.24, 2.45) is 11.0 Å². The van der Waals surface area contributed by atoms with Gasteiger partial charge in [0.05, 0.1) is 5.54 Å². The number of ketones is 1. The SMILES string of the molecule is CC1(C)NN=C2C(=O)CCC=CC21. The molecule has 1 N–H and O–H groups in total. The Morgan fingerprint density at radius 3 is 3.15 bits per heavy atom. The molecule has 13 heavy (non-hydrogen) atoms. The topological polar surface area (TPSA) is 41.5 Å². The molecule has 3 heteroatoms. The zero-order valence-electron chi connectivity index (χ0n) is 8.00. The largest absolute Gasteiger partial charge is 0.303 e. The number of allylic oxidation sites excluding steroid dienone is 1. The van der Waals surface area contributed by atoms with E-state index in [-0.39, 0.29) is 17.2 Å². The zero-order valence-corrected chi connectivity index (χ0v) is 8.00. The van der Waals surface area contributed by atoms with E-state index in [9.17, 15) is 4.79 Å². The molecule has 0 aromatic carbocycles. The minimum Gasteiger partial charge on any atom is -0.303 e. The molecule has 2 aliphatic rings. The third-order valence-corrected chi connectivity index (χ3v) is 2.69. The van der Waals surface area contributed by atoms with E-state index in [0.717, 1.165) is 6.42 Å². The first kappa shape index (κ1) is 8.48. The van der Waals surface area contributed by atoms with E-state index in [4.69, 9.17) is 0 Å². The van der Waals surface area contributed by atoms with E-state index in [2.05, 4.69) is 36.5 Å². The van der Waals surface area contributed by atoms with Gasteiger partial charge in [0.25, 0.3) is 0 Å². The van der Waals surface area contributed by atoms with Gasteiger partial charge in [-0.3, -0.25) is 4.79 Å². The number of carbonyl (C=O) groups excluding carboxylic acids is 1. The fraction of sp³-hybridized carbons (Fsp3) is 0.600. The van der Waals surface area contributed by atoms with Crippen molar-refractivity contribution in [2.45, 2.75) is 32.2 Å². The van der Waals surface area contributed by atoms with Gasteiger partial charge in [-0.25, -0.2) is 0 Å². The normalized spacial score (nSPS) is 30.5. The highest BCUT2D eigenvalue weighted by molar-refractivity contribution is 6.41. The summed E-state index contributed by atoms with van der Waals surface area (Å²) in [5, 5.41) is 4.12. The van der Waals surface area contributed by atoms with Crippen molar-refractivity contribution in [3.05, 3.63) is 12.2 Å². The van der Waals surface area contributed by atoms with E-state index >= 15 is 0 Å². The highest BCUT2D eigenvalue weighted by Gasteiger charge is 2.39. The van der Waals surface area contributed by atoms with Crippen LogP contribution in [0.4, 0.5) is 0 Å². The number of rotatable bonds is 0. The van der Waals surface area contributed by atoms with Gasteiger partial charge in [0, 0.05) is 12.3 Å². The Morgan fingerprint density at radius 1 is 1.62 bits per heavy atom. The first-order valence-electron chi connectivity index (χ1n) is 4.66. The lowest BCUT2D eigenvalue weighted by molar-refractivity contribution is -0.113. The molecule has 0 bridgehead atoms.